The van der Waals surface area contributed by atoms with E-state index in [0.717, 1.165) is 45.2 Å². The van der Waals surface area contributed by atoms with Crippen LogP contribution in [0, 0.1) is 5.92 Å². The average Bonchev–Trinajstić information content (AvgIpc) is 3.12. The lowest BCUT2D eigenvalue weighted by molar-refractivity contribution is -0.136. The first kappa shape index (κ1) is 15.3. The van der Waals surface area contributed by atoms with E-state index < -0.39 is 0 Å². The standard InChI is InChI=1S/C15H26N2O3/c1-2-14(19)16-9-7-12(11-16)15(20)17-8-3-5-13(17)6-4-10-18/h12-13,18H,2-11H2,1H3. The van der Waals surface area contributed by atoms with E-state index in [1.165, 1.54) is 0 Å². The molecule has 2 unspecified atom stereocenters. The number of nitrogens with zero attached hydrogens (tertiary/aromatic N) is 2. The van der Waals surface area contributed by atoms with Crippen LogP contribution in [0.15, 0.2) is 0 Å². The summed E-state index contributed by atoms with van der Waals surface area (Å²) < 4.78 is 0. The molecule has 2 fully saturated rings. The highest BCUT2D eigenvalue weighted by Gasteiger charge is 2.36. The van der Waals surface area contributed by atoms with Crippen LogP contribution in [-0.4, -0.2) is 59.0 Å². The summed E-state index contributed by atoms with van der Waals surface area (Å²) in [6, 6.07) is 0.297. The first-order valence-electron chi connectivity index (χ1n) is 7.86. The van der Waals surface area contributed by atoms with Crippen molar-refractivity contribution in [1.82, 2.24) is 9.80 Å². The number of amides is 2. The normalized spacial score (nSPS) is 26.3. The highest BCUT2D eigenvalue weighted by atomic mass is 16.3. The number of likely N-dealkylation sites (tertiary alicyclic amines) is 2. The van der Waals surface area contributed by atoms with Crippen molar-refractivity contribution in [3.8, 4) is 0 Å². The van der Waals surface area contributed by atoms with Gasteiger partial charge in [0.05, 0.1) is 5.92 Å². The monoisotopic (exact) mass is 282 g/mol. The minimum atomic E-state index is -0.0137. The van der Waals surface area contributed by atoms with Crippen LogP contribution >= 0.6 is 0 Å². The maximum atomic E-state index is 12.6. The first-order chi connectivity index (χ1) is 9.67. The van der Waals surface area contributed by atoms with Crippen LogP contribution in [0.2, 0.25) is 0 Å². The minimum absolute atomic E-state index is 0.0137. The number of rotatable bonds is 5. The second kappa shape index (κ2) is 7.07. The molecule has 0 radical (unpaired) electrons. The quantitative estimate of drug-likeness (QED) is 0.818. The predicted octanol–water partition coefficient (Wildman–Crippen LogP) is 1.01. The number of hydrogen-bond acceptors (Lipinski definition) is 3. The Morgan fingerprint density at radius 3 is 2.75 bits per heavy atom. The Hall–Kier alpha value is -1.10. The number of hydrogen-bond donors (Lipinski definition) is 1. The summed E-state index contributed by atoms with van der Waals surface area (Å²) in [6.45, 7) is 4.21. The van der Waals surface area contributed by atoms with Gasteiger partial charge in [0.15, 0.2) is 0 Å². The van der Waals surface area contributed by atoms with Gasteiger partial charge in [-0.1, -0.05) is 6.92 Å². The van der Waals surface area contributed by atoms with Gasteiger partial charge in [-0.3, -0.25) is 9.59 Å². The van der Waals surface area contributed by atoms with Gasteiger partial charge in [-0.25, -0.2) is 0 Å². The van der Waals surface area contributed by atoms with Gasteiger partial charge in [-0.05, 0) is 32.1 Å². The van der Waals surface area contributed by atoms with E-state index in [4.69, 9.17) is 5.11 Å². The van der Waals surface area contributed by atoms with Crippen molar-refractivity contribution in [2.24, 2.45) is 5.92 Å². The number of carbonyl (C=O) groups is 2. The summed E-state index contributed by atoms with van der Waals surface area (Å²) in [6.07, 6.45) is 5.09. The molecule has 20 heavy (non-hydrogen) atoms. The van der Waals surface area contributed by atoms with E-state index in [-0.39, 0.29) is 24.3 Å². The highest BCUT2D eigenvalue weighted by molar-refractivity contribution is 5.82. The second-order valence-electron chi connectivity index (χ2n) is 5.87. The molecule has 0 aromatic heterocycles. The zero-order chi connectivity index (χ0) is 14.5. The molecule has 2 saturated heterocycles. The lowest BCUT2D eigenvalue weighted by Crippen LogP contribution is -2.41. The number of carbonyl (C=O) groups excluding carboxylic acids is 2. The van der Waals surface area contributed by atoms with Crippen molar-refractivity contribution >= 4 is 11.8 Å². The zero-order valence-corrected chi connectivity index (χ0v) is 12.4. The molecular weight excluding hydrogens is 256 g/mol. The fraction of sp³-hybridized carbons (Fsp3) is 0.867. The molecule has 1 N–H and O–H groups in total. The number of aliphatic hydroxyl groups is 1. The van der Waals surface area contributed by atoms with Crippen LogP contribution in [0.3, 0.4) is 0 Å². The van der Waals surface area contributed by atoms with Gasteiger partial charge in [0.2, 0.25) is 11.8 Å². The molecule has 2 aliphatic heterocycles. The highest BCUT2D eigenvalue weighted by Crippen LogP contribution is 2.27. The fourth-order valence-corrected chi connectivity index (χ4v) is 3.40. The SMILES string of the molecule is CCC(=O)N1CCC(C(=O)N2CCCC2CCCO)C1. The molecule has 2 heterocycles. The Kier molecular flexibility index (Phi) is 5.40. The molecule has 0 spiro atoms. The van der Waals surface area contributed by atoms with E-state index in [2.05, 4.69) is 0 Å². The molecule has 2 atom stereocenters. The molecule has 2 rings (SSSR count). The van der Waals surface area contributed by atoms with Crippen LogP contribution in [0.5, 0.6) is 0 Å². The van der Waals surface area contributed by atoms with E-state index in [1.54, 1.807) is 0 Å². The summed E-state index contributed by atoms with van der Waals surface area (Å²) in [4.78, 5) is 28.1. The Labute approximate surface area is 120 Å². The fourth-order valence-electron chi connectivity index (χ4n) is 3.40. The van der Waals surface area contributed by atoms with Gasteiger partial charge < -0.3 is 14.9 Å². The van der Waals surface area contributed by atoms with Gasteiger partial charge in [0.1, 0.15) is 0 Å². The molecule has 2 amide bonds. The zero-order valence-electron chi connectivity index (χ0n) is 12.4. The maximum absolute atomic E-state index is 12.6. The third-order valence-electron chi connectivity index (χ3n) is 4.55. The van der Waals surface area contributed by atoms with Crippen LogP contribution < -0.4 is 0 Å². The average molecular weight is 282 g/mol. The van der Waals surface area contributed by atoms with E-state index in [1.807, 2.05) is 16.7 Å². The lowest BCUT2D eigenvalue weighted by atomic mass is 10.0. The molecule has 5 nitrogen and oxygen atoms in total. The smallest absolute Gasteiger partial charge is 0.227 e. The van der Waals surface area contributed by atoms with Gasteiger partial charge >= 0.3 is 0 Å². The third-order valence-corrected chi connectivity index (χ3v) is 4.55. The Balaban J connectivity index is 1.89. The predicted molar refractivity (Wildman–Crippen MR) is 76.0 cm³/mol. The summed E-state index contributed by atoms with van der Waals surface area (Å²) in [5.74, 6) is 0.357. The van der Waals surface area contributed by atoms with Crippen molar-refractivity contribution in [1.29, 1.82) is 0 Å². The van der Waals surface area contributed by atoms with Crippen molar-refractivity contribution in [2.45, 2.75) is 51.5 Å². The van der Waals surface area contributed by atoms with Crippen LogP contribution in [-0.2, 0) is 9.59 Å². The summed E-state index contributed by atoms with van der Waals surface area (Å²) in [7, 11) is 0. The Bertz CT molecular complexity index is 359. The molecule has 0 aromatic rings. The van der Waals surface area contributed by atoms with Gasteiger partial charge in [-0.15, -0.1) is 0 Å². The first-order valence-corrected chi connectivity index (χ1v) is 7.86. The summed E-state index contributed by atoms with van der Waals surface area (Å²) in [5, 5.41) is 8.94. The molecule has 0 bridgehead atoms. The number of aliphatic hydroxyl groups excluding tert-OH is 1. The van der Waals surface area contributed by atoms with Crippen LogP contribution in [0.25, 0.3) is 0 Å². The van der Waals surface area contributed by atoms with E-state index in [9.17, 15) is 9.59 Å². The lowest BCUT2D eigenvalue weighted by Gasteiger charge is -2.27. The summed E-state index contributed by atoms with van der Waals surface area (Å²) >= 11 is 0. The molecule has 0 saturated carbocycles. The van der Waals surface area contributed by atoms with Crippen molar-refractivity contribution in [2.75, 3.05) is 26.2 Å². The largest absolute Gasteiger partial charge is 0.396 e. The van der Waals surface area contributed by atoms with E-state index >= 15 is 0 Å². The molecule has 114 valence electrons. The van der Waals surface area contributed by atoms with Gasteiger partial charge in [-0.2, -0.15) is 0 Å². The molecular formula is C15H26N2O3. The Morgan fingerprint density at radius 1 is 1.25 bits per heavy atom. The van der Waals surface area contributed by atoms with Crippen LogP contribution in [0.1, 0.15) is 45.4 Å². The second-order valence-corrected chi connectivity index (χ2v) is 5.87. The molecule has 2 aliphatic rings. The maximum Gasteiger partial charge on any atom is 0.227 e. The van der Waals surface area contributed by atoms with Gasteiger partial charge in [0.25, 0.3) is 0 Å². The van der Waals surface area contributed by atoms with Crippen molar-refractivity contribution in [3.05, 3.63) is 0 Å². The molecule has 0 aliphatic carbocycles. The van der Waals surface area contributed by atoms with Crippen molar-refractivity contribution < 1.29 is 14.7 Å². The third kappa shape index (κ3) is 3.32. The topological polar surface area (TPSA) is 60.9 Å². The summed E-state index contributed by atoms with van der Waals surface area (Å²) in [5.41, 5.74) is 0. The minimum Gasteiger partial charge on any atom is -0.396 e. The Morgan fingerprint density at radius 2 is 2.05 bits per heavy atom. The van der Waals surface area contributed by atoms with Gasteiger partial charge in [0, 0.05) is 38.7 Å². The molecule has 0 aromatic carbocycles. The molecule has 5 heteroatoms. The van der Waals surface area contributed by atoms with Crippen molar-refractivity contribution in [3.63, 3.8) is 0 Å². The van der Waals surface area contributed by atoms with E-state index in [0.29, 0.717) is 19.0 Å². The van der Waals surface area contributed by atoms with Crippen LogP contribution in [0.4, 0.5) is 0 Å².